The van der Waals surface area contributed by atoms with Crippen molar-refractivity contribution >= 4 is 22.6 Å². The van der Waals surface area contributed by atoms with E-state index in [9.17, 15) is 14.7 Å². The van der Waals surface area contributed by atoms with Gasteiger partial charge in [-0.25, -0.2) is 0 Å². The van der Waals surface area contributed by atoms with E-state index >= 15 is 0 Å². The van der Waals surface area contributed by atoms with E-state index in [2.05, 4.69) is 85.7 Å². The molecule has 0 aromatic heterocycles. The van der Waals surface area contributed by atoms with E-state index in [-0.39, 0.29) is 49.5 Å². The molecule has 6 rings (SSSR count). The van der Waals surface area contributed by atoms with E-state index in [1.54, 1.807) is 0 Å². The molecule has 5 aromatic rings. The van der Waals surface area contributed by atoms with Crippen LogP contribution in [0.2, 0.25) is 0 Å². The highest BCUT2D eigenvalue weighted by atomic mass is 16.7. The molecular formula is C43H46N2O6. The summed E-state index contributed by atoms with van der Waals surface area (Å²) in [6.07, 6.45) is -1.16. The summed E-state index contributed by atoms with van der Waals surface area (Å²) in [6, 6.07) is 39.4. The Kier molecular flexibility index (Phi) is 11.6. The van der Waals surface area contributed by atoms with Gasteiger partial charge in [0.05, 0.1) is 25.2 Å². The smallest absolute Gasteiger partial charge is 0.303 e. The maximum Gasteiger partial charge on any atom is 0.303 e. The van der Waals surface area contributed by atoms with Crippen LogP contribution in [-0.2, 0) is 32.2 Å². The average molecular weight is 687 g/mol. The first-order chi connectivity index (χ1) is 24.7. The second-order valence-corrected chi connectivity index (χ2v) is 13.5. The van der Waals surface area contributed by atoms with Crippen LogP contribution in [0.15, 0.2) is 115 Å². The Morgan fingerprint density at radius 3 is 2.24 bits per heavy atom. The van der Waals surface area contributed by atoms with Gasteiger partial charge in [0.25, 0.3) is 0 Å². The van der Waals surface area contributed by atoms with Crippen LogP contribution in [0.5, 0.6) is 0 Å². The van der Waals surface area contributed by atoms with E-state index < -0.39 is 12.3 Å². The molecule has 1 aliphatic heterocycles. The summed E-state index contributed by atoms with van der Waals surface area (Å²) >= 11 is 0. The largest absolute Gasteiger partial charge is 0.481 e. The molecule has 1 amide bonds. The van der Waals surface area contributed by atoms with Crippen molar-refractivity contribution in [1.29, 1.82) is 0 Å². The first-order valence-corrected chi connectivity index (χ1v) is 17.6. The molecule has 8 nitrogen and oxygen atoms in total. The number of hydrogen-bond donors (Lipinski definition) is 3. The summed E-state index contributed by atoms with van der Waals surface area (Å²) in [5.41, 5.74) is 7.01. The van der Waals surface area contributed by atoms with Crippen LogP contribution in [0.4, 0.5) is 0 Å². The summed E-state index contributed by atoms with van der Waals surface area (Å²) in [7, 11) is 2.15. The Hall–Kier alpha value is -4.86. The van der Waals surface area contributed by atoms with Gasteiger partial charge in [-0.3, -0.25) is 14.5 Å². The number of likely N-dealkylation sites (N-methyl/N-ethyl adjacent to an activating group) is 1. The molecule has 0 radical (unpaired) electrons. The van der Waals surface area contributed by atoms with E-state index in [0.717, 1.165) is 33.4 Å². The minimum atomic E-state index is -0.990. The number of benzene rings is 5. The standard InChI is InChI=1S/C43H46N2O6/c1-28-39(26-45(3)29(2)36-20-17-32-8-4-5-9-38(32)24-36)50-43(51-42(28)34-13-11-30(27-46)12-14-34)35-18-15-33(16-19-35)37-10-6-7-31(23-37)25-44-40(47)21-22-41(48)49/h4-20,23-24,28-29,39,42-43,46H,21-22,25-27H2,1-3H3,(H,44,47)(H,48,49)/t28-,29+,39+,42+,43+/m0/s1. The fourth-order valence-electron chi connectivity index (χ4n) is 6.70. The van der Waals surface area contributed by atoms with Gasteiger partial charge in [0, 0.05) is 37.0 Å². The summed E-state index contributed by atoms with van der Waals surface area (Å²) < 4.78 is 13.5. The number of carboxylic acids is 1. The third-order valence-electron chi connectivity index (χ3n) is 10.0. The van der Waals surface area contributed by atoms with Crippen LogP contribution in [0.3, 0.4) is 0 Å². The lowest BCUT2D eigenvalue weighted by atomic mass is 9.89. The Balaban J connectivity index is 1.19. The van der Waals surface area contributed by atoms with E-state index in [1.165, 1.54) is 16.3 Å². The third-order valence-corrected chi connectivity index (χ3v) is 10.0. The average Bonchev–Trinajstić information content (AvgIpc) is 3.16. The van der Waals surface area contributed by atoms with Crippen LogP contribution in [0, 0.1) is 5.92 Å². The maximum atomic E-state index is 12.0. The summed E-state index contributed by atoms with van der Waals surface area (Å²) in [4.78, 5) is 25.2. The Morgan fingerprint density at radius 1 is 0.784 bits per heavy atom. The van der Waals surface area contributed by atoms with Gasteiger partial charge in [0.2, 0.25) is 5.91 Å². The van der Waals surface area contributed by atoms with Crippen molar-refractivity contribution in [3.8, 4) is 11.1 Å². The van der Waals surface area contributed by atoms with Crippen molar-refractivity contribution in [3.63, 3.8) is 0 Å². The lowest BCUT2D eigenvalue weighted by molar-refractivity contribution is -0.276. The highest BCUT2D eigenvalue weighted by Crippen LogP contribution is 2.42. The first-order valence-electron chi connectivity index (χ1n) is 17.6. The van der Waals surface area contributed by atoms with E-state index in [0.29, 0.717) is 13.1 Å². The number of aliphatic hydroxyl groups excluding tert-OH is 1. The van der Waals surface area contributed by atoms with Crippen LogP contribution in [0.25, 0.3) is 21.9 Å². The number of hydrogen-bond acceptors (Lipinski definition) is 6. The molecule has 0 spiro atoms. The van der Waals surface area contributed by atoms with Gasteiger partial charge >= 0.3 is 5.97 Å². The molecule has 51 heavy (non-hydrogen) atoms. The predicted molar refractivity (Wildman–Crippen MR) is 199 cm³/mol. The number of aliphatic hydroxyl groups is 1. The van der Waals surface area contributed by atoms with Crippen molar-refractivity contribution in [1.82, 2.24) is 10.2 Å². The van der Waals surface area contributed by atoms with Gasteiger partial charge in [0.1, 0.15) is 0 Å². The number of carboxylic acid groups (broad SMARTS) is 1. The number of aliphatic carboxylic acids is 1. The van der Waals surface area contributed by atoms with Crippen LogP contribution >= 0.6 is 0 Å². The monoisotopic (exact) mass is 686 g/mol. The van der Waals surface area contributed by atoms with Crippen molar-refractivity contribution < 1.29 is 29.3 Å². The van der Waals surface area contributed by atoms with Gasteiger partial charge in [-0.05, 0) is 70.3 Å². The normalized spacial score (nSPS) is 19.5. The molecule has 0 aliphatic carbocycles. The number of nitrogens with one attached hydrogen (secondary N) is 1. The van der Waals surface area contributed by atoms with Crippen molar-refractivity contribution in [3.05, 3.63) is 143 Å². The quantitative estimate of drug-likeness (QED) is 0.115. The van der Waals surface area contributed by atoms with Gasteiger partial charge in [0.15, 0.2) is 6.29 Å². The molecule has 8 heteroatoms. The summed E-state index contributed by atoms with van der Waals surface area (Å²) in [6.45, 7) is 5.44. The van der Waals surface area contributed by atoms with Gasteiger partial charge in [-0.15, -0.1) is 0 Å². The number of carbonyl (C=O) groups excluding carboxylic acids is 1. The van der Waals surface area contributed by atoms with Crippen LogP contribution in [-0.4, -0.2) is 46.7 Å². The molecule has 3 N–H and O–H groups in total. The zero-order chi connectivity index (χ0) is 35.9. The molecule has 5 aromatic carbocycles. The molecule has 0 bridgehead atoms. The number of ether oxygens (including phenoxy) is 2. The van der Waals surface area contributed by atoms with Crippen molar-refractivity contribution in [2.24, 2.45) is 5.92 Å². The molecule has 264 valence electrons. The molecule has 1 heterocycles. The maximum absolute atomic E-state index is 12.0. The highest BCUT2D eigenvalue weighted by molar-refractivity contribution is 5.83. The SMILES string of the molecule is C[C@H]1[C@@H](CN(C)[C@H](C)c2ccc3ccccc3c2)O[C@@H](c2ccc(-c3cccc(CNC(=O)CCC(=O)O)c3)cc2)O[C@H]1c1ccc(CO)cc1. The first kappa shape index (κ1) is 35.9. The Labute approximate surface area is 299 Å². The predicted octanol–water partition coefficient (Wildman–Crippen LogP) is 7.96. The second kappa shape index (κ2) is 16.4. The highest BCUT2D eigenvalue weighted by Gasteiger charge is 2.39. The van der Waals surface area contributed by atoms with Gasteiger partial charge in [-0.2, -0.15) is 0 Å². The summed E-state index contributed by atoms with van der Waals surface area (Å²) in [5.74, 6) is -1.22. The van der Waals surface area contributed by atoms with Crippen molar-refractivity contribution in [2.45, 2.75) is 64.4 Å². The lowest BCUT2D eigenvalue weighted by Gasteiger charge is -2.43. The number of rotatable bonds is 13. The molecule has 0 unspecified atom stereocenters. The number of nitrogens with zero attached hydrogens (tertiary/aromatic N) is 1. The minimum absolute atomic E-state index is 0.0101. The zero-order valence-electron chi connectivity index (χ0n) is 29.4. The van der Waals surface area contributed by atoms with Gasteiger partial charge < -0.3 is 25.0 Å². The molecule has 1 aliphatic rings. The van der Waals surface area contributed by atoms with Crippen LogP contribution in [0.1, 0.15) is 72.9 Å². The van der Waals surface area contributed by atoms with Crippen LogP contribution < -0.4 is 5.32 Å². The minimum Gasteiger partial charge on any atom is -0.481 e. The zero-order valence-corrected chi connectivity index (χ0v) is 29.4. The fourth-order valence-corrected chi connectivity index (χ4v) is 6.70. The van der Waals surface area contributed by atoms with E-state index in [1.807, 2.05) is 60.7 Å². The lowest BCUT2D eigenvalue weighted by Crippen LogP contribution is -2.44. The third kappa shape index (κ3) is 8.90. The van der Waals surface area contributed by atoms with Gasteiger partial charge in [-0.1, -0.05) is 110 Å². The van der Waals surface area contributed by atoms with E-state index in [4.69, 9.17) is 14.6 Å². The summed E-state index contributed by atoms with van der Waals surface area (Å²) in [5, 5.41) is 23.7. The molecule has 1 saturated heterocycles. The number of amides is 1. The Bertz CT molecular complexity index is 1940. The molecule has 1 fully saturated rings. The number of carbonyl (C=O) groups is 2. The molecule has 0 saturated carbocycles. The fraction of sp³-hybridized carbons (Fsp3) is 0.302. The Morgan fingerprint density at radius 2 is 1.51 bits per heavy atom. The number of fused-ring (bicyclic) bond motifs is 1. The molecular weight excluding hydrogens is 640 g/mol. The second-order valence-electron chi connectivity index (χ2n) is 13.5. The van der Waals surface area contributed by atoms with Crippen molar-refractivity contribution in [2.75, 3.05) is 13.6 Å². The topological polar surface area (TPSA) is 108 Å². The molecule has 5 atom stereocenters.